The molecule has 1 heterocycles. The Morgan fingerprint density at radius 2 is 2.27 bits per heavy atom. The maximum atomic E-state index is 5.92. The van der Waals surface area contributed by atoms with Crippen LogP contribution in [0.4, 0.5) is 0 Å². The van der Waals surface area contributed by atoms with Crippen LogP contribution in [0.1, 0.15) is 31.7 Å². The van der Waals surface area contributed by atoms with E-state index in [1.807, 2.05) is 25.1 Å². The first-order valence-electron chi connectivity index (χ1n) is 9.54. The molecule has 2 N–H and O–H groups in total. The second-order valence-corrected chi connectivity index (χ2v) is 6.69. The van der Waals surface area contributed by atoms with Gasteiger partial charge in [0, 0.05) is 26.8 Å². The first-order chi connectivity index (χ1) is 12.7. The summed E-state index contributed by atoms with van der Waals surface area (Å²) in [5.74, 6) is 1.68. The highest BCUT2D eigenvalue weighted by Crippen LogP contribution is 2.14. The molecule has 1 fully saturated rings. The van der Waals surface area contributed by atoms with Crippen LogP contribution in [0.5, 0.6) is 5.75 Å². The molecule has 1 aliphatic heterocycles. The zero-order valence-electron chi connectivity index (χ0n) is 16.3. The monoisotopic (exact) mass is 363 g/mol. The van der Waals surface area contributed by atoms with Gasteiger partial charge >= 0.3 is 0 Å². The number of rotatable bonds is 10. The van der Waals surface area contributed by atoms with Gasteiger partial charge in [-0.15, -0.1) is 0 Å². The molecule has 1 aromatic carbocycles. The minimum absolute atomic E-state index is 0.0464. The average molecular weight is 364 g/mol. The summed E-state index contributed by atoms with van der Waals surface area (Å²) in [6, 6.07) is 8.09. The smallest absolute Gasteiger partial charge is 0.191 e. The van der Waals surface area contributed by atoms with Crippen LogP contribution in [0.3, 0.4) is 0 Å². The summed E-state index contributed by atoms with van der Waals surface area (Å²) < 4.78 is 17.1. The van der Waals surface area contributed by atoms with Crippen molar-refractivity contribution in [3.05, 3.63) is 29.8 Å². The number of benzene rings is 1. The molecule has 2 atom stereocenters. The van der Waals surface area contributed by atoms with E-state index in [1.165, 1.54) is 5.56 Å². The van der Waals surface area contributed by atoms with Gasteiger partial charge in [0.05, 0.1) is 19.3 Å². The Hall–Kier alpha value is -1.79. The van der Waals surface area contributed by atoms with Crippen molar-refractivity contribution < 1.29 is 14.2 Å². The second kappa shape index (κ2) is 11.8. The molecule has 2 rings (SSSR count). The Morgan fingerprint density at radius 1 is 1.38 bits per heavy atom. The first-order valence-corrected chi connectivity index (χ1v) is 9.54. The third-order valence-corrected chi connectivity index (χ3v) is 4.19. The first kappa shape index (κ1) is 20.5. The molecule has 2 unspecified atom stereocenters. The highest BCUT2D eigenvalue weighted by atomic mass is 16.5. The van der Waals surface area contributed by atoms with Crippen LogP contribution in [0.2, 0.25) is 0 Å². The lowest BCUT2D eigenvalue weighted by atomic mass is 10.2. The Balaban J connectivity index is 1.54. The van der Waals surface area contributed by atoms with Crippen molar-refractivity contribution >= 4 is 5.96 Å². The van der Waals surface area contributed by atoms with Crippen LogP contribution in [0, 0.1) is 6.92 Å². The summed E-state index contributed by atoms with van der Waals surface area (Å²) in [6.45, 7) is 7.93. The molecule has 146 valence electrons. The van der Waals surface area contributed by atoms with Gasteiger partial charge in [0.2, 0.25) is 0 Å². The summed E-state index contributed by atoms with van der Waals surface area (Å²) in [6.07, 6.45) is 3.56. The van der Waals surface area contributed by atoms with E-state index in [1.54, 1.807) is 7.05 Å². The molecule has 1 aliphatic rings. The molecule has 1 saturated heterocycles. The molecular weight excluding hydrogens is 330 g/mol. The van der Waals surface area contributed by atoms with Gasteiger partial charge < -0.3 is 24.8 Å². The molecule has 6 heteroatoms. The topological polar surface area (TPSA) is 64.1 Å². The van der Waals surface area contributed by atoms with Crippen LogP contribution < -0.4 is 15.4 Å². The molecule has 6 nitrogen and oxygen atoms in total. The number of hydrogen-bond acceptors (Lipinski definition) is 4. The summed E-state index contributed by atoms with van der Waals surface area (Å²) in [5, 5.41) is 6.59. The van der Waals surface area contributed by atoms with Crippen LogP contribution in [0.25, 0.3) is 0 Å². The normalized spacial score (nSPS) is 18.6. The molecule has 0 aliphatic carbocycles. The van der Waals surface area contributed by atoms with E-state index in [9.17, 15) is 0 Å². The molecule has 0 radical (unpaired) electrons. The van der Waals surface area contributed by atoms with Crippen molar-refractivity contribution in [2.75, 3.05) is 40.0 Å². The fourth-order valence-electron chi connectivity index (χ4n) is 2.80. The van der Waals surface area contributed by atoms with E-state index in [2.05, 4.69) is 28.6 Å². The van der Waals surface area contributed by atoms with E-state index in [4.69, 9.17) is 14.2 Å². The lowest BCUT2D eigenvalue weighted by Crippen LogP contribution is -2.42. The SMILES string of the molecule is CN=C(NCCCOCC1CCCO1)NCC(C)Oc1cccc(C)c1. The van der Waals surface area contributed by atoms with Crippen molar-refractivity contribution in [2.45, 2.75) is 45.3 Å². The summed E-state index contributed by atoms with van der Waals surface area (Å²) in [5.41, 5.74) is 1.20. The van der Waals surface area contributed by atoms with E-state index < -0.39 is 0 Å². The number of hydrogen-bond donors (Lipinski definition) is 2. The van der Waals surface area contributed by atoms with Gasteiger partial charge in [-0.25, -0.2) is 0 Å². The van der Waals surface area contributed by atoms with Gasteiger partial charge in [0.1, 0.15) is 11.9 Å². The van der Waals surface area contributed by atoms with Crippen LogP contribution in [-0.2, 0) is 9.47 Å². The number of nitrogens with one attached hydrogen (secondary N) is 2. The fourth-order valence-corrected chi connectivity index (χ4v) is 2.80. The Labute approximate surface area is 157 Å². The molecular formula is C20H33N3O3. The fraction of sp³-hybridized carbons (Fsp3) is 0.650. The van der Waals surface area contributed by atoms with Crippen LogP contribution in [-0.4, -0.2) is 58.1 Å². The molecule has 0 bridgehead atoms. The van der Waals surface area contributed by atoms with Gasteiger partial charge in [-0.2, -0.15) is 0 Å². The molecule has 26 heavy (non-hydrogen) atoms. The summed E-state index contributed by atoms with van der Waals surface area (Å²) >= 11 is 0. The Morgan fingerprint density at radius 3 is 3.00 bits per heavy atom. The number of guanidine groups is 1. The lowest BCUT2D eigenvalue weighted by Gasteiger charge is -2.18. The maximum Gasteiger partial charge on any atom is 0.191 e. The number of ether oxygens (including phenoxy) is 3. The van der Waals surface area contributed by atoms with E-state index in [0.717, 1.165) is 50.7 Å². The van der Waals surface area contributed by atoms with Crippen molar-refractivity contribution in [3.8, 4) is 5.75 Å². The Kier molecular flexibility index (Phi) is 9.28. The third kappa shape index (κ3) is 8.06. The summed E-state index contributed by atoms with van der Waals surface area (Å²) in [4.78, 5) is 4.24. The highest BCUT2D eigenvalue weighted by Gasteiger charge is 2.14. The second-order valence-electron chi connectivity index (χ2n) is 6.69. The van der Waals surface area contributed by atoms with Crippen molar-refractivity contribution in [3.63, 3.8) is 0 Å². The van der Waals surface area contributed by atoms with Gasteiger partial charge in [-0.3, -0.25) is 4.99 Å². The van der Waals surface area contributed by atoms with E-state index >= 15 is 0 Å². The average Bonchev–Trinajstić information content (AvgIpc) is 3.14. The van der Waals surface area contributed by atoms with Crippen LogP contribution in [0.15, 0.2) is 29.3 Å². The minimum Gasteiger partial charge on any atom is -0.489 e. The van der Waals surface area contributed by atoms with E-state index in [-0.39, 0.29) is 6.10 Å². The minimum atomic E-state index is 0.0464. The molecule has 0 aromatic heterocycles. The van der Waals surface area contributed by atoms with Gasteiger partial charge in [0.25, 0.3) is 0 Å². The predicted molar refractivity (Wildman–Crippen MR) is 105 cm³/mol. The van der Waals surface area contributed by atoms with Crippen molar-refractivity contribution in [2.24, 2.45) is 4.99 Å². The molecule has 0 saturated carbocycles. The highest BCUT2D eigenvalue weighted by molar-refractivity contribution is 5.79. The lowest BCUT2D eigenvalue weighted by molar-refractivity contribution is 0.0168. The third-order valence-electron chi connectivity index (χ3n) is 4.19. The van der Waals surface area contributed by atoms with Crippen LogP contribution >= 0.6 is 0 Å². The standard InChI is InChI=1S/C20H33N3O3/c1-16-7-4-8-18(13-16)26-17(2)14-23-20(21-3)22-10-6-11-24-15-19-9-5-12-25-19/h4,7-8,13,17,19H,5-6,9-12,14-15H2,1-3H3,(H2,21,22,23). The quantitative estimate of drug-likeness (QED) is 0.380. The maximum absolute atomic E-state index is 5.92. The summed E-state index contributed by atoms with van der Waals surface area (Å²) in [7, 11) is 1.77. The zero-order valence-corrected chi connectivity index (χ0v) is 16.3. The Bertz CT molecular complexity index is 545. The molecule has 1 aromatic rings. The van der Waals surface area contributed by atoms with E-state index in [0.29, 0.717) is 19.3 Å². The zero-order chi connectivity index (χ0) is 18.6. The van der Waals surface area contributed by atoms with Crippen molar-refractivity contribution in [1.82, 2.24) is 10.6 Å². The molecule has 0 amide bonds. The number of aliphatic imine (C=N–C) groups is 1. The predicted octanol–water partition coefficient (Wildman–Crippen LogP) is 2.51. The number of aryl methyl sites for hydroxylation is 1. The van der Waals surface area contributed by atoms with Gasteiger partial charge in [-0.1, -0.05) is 12.1 Å². The molecule has 0 spiro atoms. The number of nitrogens with zero attached hydrogens (tertiary/aromatic N) is 1. The van der Waals surface area contributed by atoms with Crippen molar-refractivity contribution in [1.29, 1.82) is 0 Å². The van der Waals surface area contributed by atoms with Gasteiger partial charge in [0.15, 0.2) is 5.96 Å². The van der Waals surface area contributed by atoms with Gasteiger partial charge in [-0.05, 0) is 50.8 Å². The largest absolute Gasteiger partial charge is 0.489 e.